The first kappa shape index (κ1) is 22.0. The lowest BCUT2D eigenvalue weighted by molar-refractivity contribution is -0.124. The predicted molar refractivity (Wildman–Crippen MR) is 116 cm³/mol. The third-order valence-electron chi connectivity index (χ3n) is 5.69. The van der Waals surface area contributed by atoms with Gasteiger partial charge in [0.2, 0.25) is 0 Å². The van der Waals surface area contributed by atoms with Gasteiger partial charge in [-0.1, -0.05) is 6.07 Å². The van der Waals surface area contributed by atoms with Gasteiger partial charge in [0.05, 0.1) is 13.2 Å². The van der Waals surface area contributed by atoms with Crippen molar-refractivity contribution in [2.45, 2.75) is 45.2 Å². The SMILES string of the molecule is [C-]#[N+]c1ccc(N2C(=O)C(C)(C)N(C3CCN(C(=O)OCCO)CC3)C2=S)cc1C. The van der Waals surface area contributed by atoms with Crippen molar-refractivity contribution in [3.05, 3.63) is 35.2 Å². The average molecular weight is 431 g/mol. The van der Waals surface area contributed by atoms with Crippen molar-refractivity contribution in [3.63, 3.8) is 0 Å². The molecular weight excluding hydrogens is 404 g/mol. The molecule has 0 radical (unpaired) electrons. The molecule has 30 heavy (non-hydrogen) atoms. The van der Waals surface area contributed by atoms with E-state index in [4.69, 9.17) is 28.6 Å². The van der Waals surface area contributed by atoms with Crippen molar-refractivity contribution in [1.82, 2.24) is 9.80 Å². The van der Waals surface area contributed by atoms with Crippen LogP contribution in [0.1, 0.15) is 32.3 Å². The smallest absolute Gasteiger partial charge is 0.409 e. The molecule has 2 fully saturated rings. The Labute approximate surface area is 181 Å². The molecule has 0 unspecified atom stereocenters. The highest BCUT2D eigenvalue weighted by molar-refractivity contribution is 7.80. The number of carbonyl (C=O) groups excluding carboxylic acids is 2. The minimum atomic E-state index is -0.812. The predicted octanol–water partition coefficient (Wildman–Crippen LogP) is 2.85. The third kappa shape index (κ3) is 3.85. The van der Waals surface area contributed by atoms with E-state index in [0.717, 1.165) is 5.56 Å². The van der Waals surface area contributed by atoms with Gasteiger partial charge < -0.3 is 19.6 Å². The fourth-order valence-corrected chi connectivity index (χ4v) is 4.65. The van der Waals surface area contributed by atoms with Crippen molar-refractivity contribution in [1.29, 1.82) is 0 Å². The number of likely N-dealkylation sites (tertiary alicyclic amines) is 1. The van der Waals surface area contributed by atoms with Crippen LogP contribution in [0.2, 0.25) is 0 Å². The summed E-state index contributed by atoms with van der Waals surface area (Å²) in [6, 6.07) is 5.30. The highest BCUT2D eigenvalue weighted by atomic mass is 32.1. The topological polar surface area (TPSA) is 77.7 Å². The van der Waals surface area contributed by atoms with Crippen LogP contribution >= 0.6 is 12.2 Å². The van der Waals surface area contributed by atoms with E-state index < -0.39 is 11.6 Å². The number of amides is 2. The fourth-order valence-electron chi connectivity index (χ4n) is 4.09. The number of carbonyl (C=O) groups is 2. The molecule has 2 aliphatic rings. The molecule has 0 aromatic heterocycles. The standard InChI is InChI=1S/C21H26N4O4S/c1-14-13-16(5-6-17(14)22-4)24-18(27)21(2,3)25(19(24)30)15-7-9-23(10-8-15)20(28)29-12-11-26/h5-6,13,15,26H,7-12H2,1-3H3. The number of piperidine rings is 1. The quantitative estimate of drug-likeness (QED) is 0.585. The Balaban J connectivity index is 1.78. The van der Waals surface area contributed by atoms with Crippen LogP contribution in [0.5, 0.6) is 0 Å². The van der Waals surface area contributed by atoms with Gasteiger partial charge in [-0.05, 0) is 63.5 Å². The van der Waals surface area contributed by atoms with Gasteiger partial charge in [-0.3, -0.25) is 9.69 Å². The van der Waals surface area contributed by atoms with Gasteiger partial charge in [-0.15, -0.1) is 0 Å². The Morgan fingerprint density at radius 3 is 2.60 bits per heavy atom. The van der Waals surface area contributed by atoms with E-state index in [9.17, 15) is 9.59 Å². The molecule has 8 nitrogen and oxygen atoms in total. The van der Waals surface area contributed by atoms with Crippen LogP contribution in [0.3, 0.4) is 0 Å². The summed E-state index contributed by atoms with van der Waals surface area (Å²) in [5.41, 5.74) is 1.20. The molecule has 2 aliphatic heterocycles. The van der Waals surface area contributed by atoms with E-state index in [1.54, 1.807) is 21.9 Å². The van der Waals surface area contributed by atoms with Crippen LogP contribution in [0, 0.1) is 13.5 Å². The number of hydrogen-bond acceptors (Lipinski definition) is 5. The second-order valence-corrected chi connectivity index (χ2v) is 8.36. The van der Waals surface area contributed by atoms with Crippen molar-refractivity contribution in [2.24, 2.45) is 0 Å². The van der Waals surface area contributed by atoms with Crippen LogP contribution in [0.4, 0.5) is 16.2 Å². The molecule has 2 heterocycles. The van der Waals surface area contributed by atoms with Crippen LogP contribution in [-0.2, 0) is 9.53 Å². The van der Waals surface area contributed by atoms with Gasteiger partial charge in [0, 0.05) is 24.8 Å². The van der Waals surface area contributed by atoms with E-state index in [-0.39, 0.29) is 25.2 Å². The normalized spacial score (nSPS) is 19.2. The van der Waals surface area contributed by atoms with E-state index in [2.05, 4.69) is 4.85 Å². The van der Waals surface area contributed by atoms with E-state index in [1.807, 2.05) is 31.7 Å². The molecule has 1 aromatic carbocycles. The Bertz CT molecular complexity index is 903. The number of thiocarbonyl (C=S) groups is 1. The maximum atomic E-state index is 13.3. The Morgan fingerprint density at radius 1 is 1.37 bits per heavy atom. The molecule has 0 bridgehead atoms. The Hall–Kier alpha value is -2.70. The molecule has 2 saturated heterocycles. The first-order chi connectivity index (χ1) is 14.2. The average Bonchev–Trinajstić information content (AvgIpc) is 2.90. The summed E-state index contributed by atoms with van der Waals surface area (Å²) in [6.45, 7) is 13.6. The van der Waals surface area contributed by atoms with Crippen molar-refractivity contribution >= 4 is 40.7 Å². The summed E-state index contributed by atoms with van der Waals surface area (Å²) in [7, 11) is 0. The van der Waals surface area contributed by atoms with Gasteiger partial charge in [-0.2, -0.15) is 0 Å². The monoisotopic (exact) mass is 430 g/mol. The number of nitrogens with zero attached hydrogens (tertiary/aromatic N) is 4. The van der Waals surface area contributed by atoms with E-state index >= 15 is 0 Å². The maximum absolute atomic E-state index is 13.3. The summed E-state index contributed by atoms with van der Waals surface area (Å²) in [5.74, 6) is -0.104. The van der Waals surface area contributed by atoms with Crippen LogP contribution < -0.4 is 4.90 Å². The molecule has 3 rings (SSSR count). The molecule has 0 spiro atoms. The van der Waals surface area contributed by atoms with Crippen LogP contribution in [0.25, 0.3) is 4.85 Å². The largest absolute Gasteiger partial charge is 0.447 e. The fraction of sp³-hybridized carbons (Fsp3) is 0.524. The second kappa shape index (κ2) is 8.58. The summed E-state index contributed by atoms with van der Waals surface area (Å²) in [4.78, 5) is 33.9. The zero-order valence-electron chi connectivity index (χ0n) is 17.4. The molecule has 9 heteroatoms. The Morgan fingerprint density at radius 2 is 2.03 bits per heavy atom. The lowest BCUT2D eigenvalue weighted by atomic mass is 9.96. The lowest BCUT2D eigenvalue weighted by Crippen LogP contribution is -2.54. The maximum Gasteiger partial charge on any atom is 0.409 e. The Kier molecular flexibility index (Phi) is 6.29. The number of rotatable bonds is 4. The third-order valence-corrected chi connectivity index (χ3v) is 6.07. The number of ether oxygens (including phenoxy) is 1. The van der Waals surface area contributed by atoms with Crippen molar-refractivity contribution in [3.8, 4) is 0 Å². The van der Waals surface area contributed by atoms with E-state index in [0.29, 0.717) is 42.4 Å². The minimum absolute atomic E-state index is 0.0167. The molecular formula is C21H26N4O4S. The van der Waals surface area contributed by atoms with Gasteiger partial charge in [0.1, 0.15) is 12.1 Å². The van der Waals surface area contributed by atoms with Crippen LogP contribution in [0.15, 0.2) is 18.2 Å². The summed E-state index contributed by atoms with van der Waals surface area (Å²) in [5, 5.41) is 9.25. The zero-order valence-corrected chi connectivity index (χ0v) is 18.2. The molecule has 0 aliphatic carbocycles. The summed E-state index contributed by atoms with van der Waals surface area (Å²) in [6.07, 6.45) is 0.891. The molecule has 2 amide bonds. The van der Waals surface area contributed by atoms with Crippen molar-refractivity contribution < 1.29 is 19.4 Å². The number of anilines is 1. The highest BCUT2D eigenvalue weighted by Gasteiger charge is 2.52. The van der Waals surface area contributed by atoms with Crippen LogP contribution in [-0.4, -0.2) is 69.9 Å². The molecule has 0 atom stereocenters. The van der Waals surface area contributed by atoms with Crippen molar-refractivity contribution in [2.75, 3.05) is 31.2 Å². The van der Waals surface area contributed by atoms with Gasteiger partial charge in [0.15, 0.2) is 10.8 Å². The number of aliphatic hydroxyl groups is 1. The number of aryl methyl sites for hydroxylation is 1. The first-order valence-electron chi connectivity index (χ1n) is 9.91. The molecule has 1 aromatic rings. The van der Waals surface area contributed by atoms with Gasteiger partial charge >= 0.3 is 6.09 Å². The summed E-state index contributed by atoms with van der Waals surface area (Å²) < 4.78 is 4.99. The zero-order chi connectivity index (χ0) is 22.1. The number of aliphatic hydroxyl groups excluding tert-OH is 1. The second-order valence-electron chi connectivity index (χ2n) is 7.99. The number of benzene rings is 1. The minimum Gasteiger partial charge on any atom is -0.447 e. The highest BCUT2D eigenvalue weighted by Crippen LogP contribution is 2.37. The van der Waals surface area contributed by atoms with Gasteiger partial charge in [0.25, 0.3) is 5.91 Å². The molecule has 0 saturated carbocycles. The summed E-state index contributed by atoms with van der Waals surface area (Å²) >= 11 is 5.73. The lowest BCUT2D eigenvalue weighted by Gasteiger charge is -2.41. The first-order valence-corrected chi connectivity index (χ1v) is 10.3. The van der Waals surface area contributed by atoms with Gasteiger partial charge in [-0.25, -0.2) is 9.64 Å². The molecule has 160 valence electrons. The molecule has 1 N–H and O–H groups in total. The number of hydrogen-bond donors (Lipinski definition) is 1. The van der Waals surface area contributed by atoms with E-state index in [1.165, 1.54) is 0 Å².